The Labute approximate surface area is 180 Å². The second-order valence-corrected chi connectivity index (χ2v) is 8.81. The Hall–Kier alpha value is -2.80. The molecule has 1 aromatic carbocycles. The van der Waals surface area contributed by atoms with Gasteiger partial charge in [0.05, 0.1) is 11.7 Å². The molecule has 156 valence electrons. The third kappa shape index (κ3) is 5.02. The molecule has 1 saturated heterocycles. The van der Waals surface area contributed by atoms with Gasteiger partial charge < -0.3 is 10.2 Å². The summed E-state index contributed by atoms with van der Waals surface area (Å²) in [5.74, 6) is 0.678. The zero-order valence-electron chi connectivity index (χ0n) is 17.0. The molecule has 4 rings (SSSR count). The van der Waals surface area contributed by atoms with Crippen molar-refractivity contribution >= 4 is 28.2 Å². The van der Waals surface area contributed by atoms with Crippen molar-refractivity contribution in [1.82, 2.24) is 14.9 Å². The van der Waals surface area contributed by atoms with Crippen molar-refractivity contribution < 1.29 is 9.18 Å². The molecule has 1 aliphatic rings. The van der Waals surface area contributed by atoms with Crippen molar-refractivity contribution in [2.24, 2.45) is 0 Å². The van der Waals surface area contributed by atoms with Crippen LogP contribution in [0.4, 0.5) is 15.3 Å². The molecule has 0 spiro atoms. The van der Waals surface area contributed by atoms with Gasteiger partial charge in [0.25, 0.3) is 0 Å². The number of hydrogen-bond donors (Lipinski definition) is 1. The van der Waals surface area contributed by atoms with E-state index in [1.54, 1.807) is 23.5 Å². The first-order valence-corrected chi connectivity index (χ1v) is 11.1. The molecule has 7 heteroatoms. The number of anilines is 2. The molecular formula is C23H25FN4OS. The highest BCUT2D eigenvalue weighted by molar-refractivity contribution is 7.15. The predicted molar refractivity (Wildman–Crippen MR) is 117 cm³/mol. The molecule has 1 atom stereocenters. The van der Waals surface area contributed by atoms with E-state index in [1.807, 2.05) is 36.2 Å². The van der Waals surface area contributed by atoms with Crippen LogP contribution in [-0.2, 0) is 11.2 Å². The van der Waals surface area contributed by atoms with E-state index < -0.39 is 0 Å². The maximum Gasteiger partial charge on any atom is 0.223 e. The Morgan fingerprint density at radius 3 is 2.87 bits per heavy atom. The maximum atomic E-state index is 13.0. The fourth-order valence-electron chi connectivity index (χ4n) is 3.84. The van der Waals surface area contributed by atoms with Gasteiger partial charge in [0.15, 0.2) is 5.13 Å². The highest BCUT2D eigenvalue weighted by atomic mass is 32.1. The molecule has 0 radical (unpaired) electrons. The van der Waals surface area contributed by atoms with Gasteiger partial charge >= 0.3 is 0 Å². The Bertz CT molecular complexity index is 1000. The monoisotopic (exact) mass is 424 g/mol. The Balaban J connectivity index is 1.37. The maximum absolute atomic E-state index is 13.0. The molecule has 5 nitrogen and oxygen atoms in total. The summed E-state index contributed by atoms with van der Waals surface area (Å²) in [4.78, 5) is 25.1. The lowest BCUT2D eigenvalue weighted by Gasteiger charge is -2.24. The summed E-state index contributed by atoms with van der Waals surface area (Å²) >= 11 is 1.59. The van der Waals surface area contributed by atoms with Crippen LogP contribution in [0, 0.1) is 12.7 Å². The zero-order chi connectivity index (χ0) is 20.9. The lowest BCUT2D eigenvalue weighted by molar-refractivity contribution is -0.132. The summed E-state index contributed by atoms with van der Waals surface area (Å²) in [6.45, 7) is 2.79. The summed E-state index contributed by atoms with van der Waals surface area (Å²) in [5, 5.41) is 4.07. The minimum absolute atomic E-state index is 0.0168. The second-order valence-electron chi connectivity index (χ2n) is 7.57. The summed E-state index contributed by atoms with van der Waals surface area (Å²) in [7, 11) is 0. The highest BCUT2D eigenvalue weighted by Gasteiger charge is 2.30. The van der Waals surface area contributed by atoms with E-state index in [-0.39, 0.29) is 17.8 Å². The zero-order valence-corrected chi connectivity index (χ0v) is 17.8. The van der Waals surface area contributed by atoms with E-state index in [0.717, 1.165) is 59.3 Å². The van der Waals surface area contributed by atoms with Crippen LogP contribution in [0.5, 0.6) is 0 Å². The van der Waals surface area contributed by atoms with Crippen molar-refractivity contribution in [1.29, 1.82) is 0 Å². The quantitative estimate of drug-likeness (QED) is 0.551. The van der Waals surface area contributed by atoms with Crippen molar-refractivity contribution in [2.75, 3.05) is 11.9 Å². The number of benzene rings is 1. The van der Waals surface area contributed by atoms with Gasteiger partial charge in [0.1, 0.15) is 11.6 Å². The molecule has 0 unspecified atom stereocenters. The van der Waals surface area contributed by atoms with Crippen LogP contribution in [0.1, 0.15) is 47.9 Å². The molecule has 3 aromatic rings. The topological polar surface area (TPSA) is 58.1 Å². The molecule has 3 heterocycles. The molecule has 1 fully saturated rings. The first-order chi connectivity index (χ1) is 14.6. The SMILES string of the molecule is Cc1cnc(Nc2cccc([C@H]3CCCN3C(=O)CCCc3ccc(F)cc3)n2)s1. The van der Waals surface area contributed by atoms with Crippen molar-refractivity contribution in [2.45, 2.75) is 45.1 Å². The van der Waals surface area contributed by atoms with E-state index in [4.69, 9.17) is 4.98 Å². The number of halogens is 1. The van der Waals surface area contributed by atoms with Gasteiger partial charge in [-0.1, -0.05) is 18.2 Å². The Kier molecular flexibility index (Phi) is 6.38. The van der Waals surface area contributed by atoms with Gasteiger partial charge in [0.2, 0.25) is 5.91 Å². The number of aryl methyl sites for hydroxylation is 2. The molecule has 1 amide bonds. The molecular weight excluding hydrogens is 399 g/mol. The van der Waals surface area contributed by atoms with Gasteiger partial charge in [-0.2, -0.15) is 0 Å². The Morgan fingerprint density at radius 2 is 2.10 bits per heavy atom. The number of pyridine rings is 1. The van der Waals surface area contributed by atoms with Crippen molar-refractivity contribution in [3.63, 3.8) is 0 Å². The number of thiazole rings is 1. The number of hydrogen-bond acceptors (Lipinski definition) is 5. The van der Waals surface area contributed by atoms with E-state index in [9.17, 15) is 9.18 Å². The third-order valence-electron chi connectivity index (χ3n) is 5.31. The van der Waals surface area contributed by atoms with Crippen LogP contribution < -0.4 is 5.32 Å². The van der Waals surface area contributed by atoms with E-state index in [2.05, 4.69) is 10.3 Å². The van der Waals surface area contributed by atoms with Crippen LogP contribution in [0.3, 0.4) is 0 Å². The number of nitrogens with one attached hydrogen (secondary N) is 1. The molecule has 0 bridgehead atoms. The summed E-state index contributed by atoms with van der Waals surface area (Å²) in [6, 6.07) is 12.4. The molecule has 1 aliphatic heterocycles. The van der Waals surface area contributed by atoms with Crippen LogP contribution in [-0.4, -0.2) is 27.3 Å². The third-order valence-corrected chi connectivity index (χ3v) is 6.14. The van der Waals surface area contributed by atoms with Crippen LogP contribution in [0.15, 0.2) is 48.7 Å². The summed E-state index contributed by atoms with van der Waals surface area (Å²) in [6.07, 6.45) is 5.77. The fraction of sp³-hybridized carbons (Fsp3) is 0.348. The van der Waals surface area contributed by atoms with Gasteiger partial charge in [-0.15, -0.1) is 11.3 Å². The Morgan fingerprint density at radius 1 is 1.27 bits per heavy atom. The van der Waals surface area contributed by atoms with Gasteiger partial charge in [-0.25, -0.2) is 14.4 Å². The average Bonchev–Trinajstić information content (AvgIpc) is 3.39. The minimum Gasteiger partial charge on any atom is -0.334 e. The van der Waals surface area contributed by atoms with E-state index in [1.165, 1.54) is 12.1 Å². The van der Waals surface area contributed by atoms with Gasteiger partial charge in [-0.05, 0) is 62.4 Å². The second kappa shape index (κ2) is 9.34. The smallest absolute Gasteiger partial charge is 0.223 e. The van der Waals surface area contributed by atoms with E-state index in [0.29, 0.717) is 6.42 Å². The molecule has 30 heavy (non-hydrogen) atoms. The van der Waals surface area contributed by atoms with Gasteiger partial charge in [-0.3, -0.25) is 4.79 Å². The number of aromatic nitrogens is 2. The standard InChI is InChI=1S/C23H25FN4OS/c1-16-15-25-23(30-16)27-21-8-3-6-19(26-21)20-7-4-14-28(20)22(29)9-2-5-17-10-12-18(24)13-11-17/h3,6,8,10-13,15,20H,2,4-5,7,9,14H2,1H3,(H,25,26,27)/t20-/m1/s1. The number of rotatable bonds is 7. The number of carbonyl (C=O) groups excluding carboxylic acids is 1. The molecule has 1 N–H and O–H groups in total. The average molecular weight is 425 g/mol. The number of nitrogens with zero attached hydrogens (tertiary/aromatic N) is 3. The first-order valence-electron chi connectivity index (χ1n) is 10.3. The lowest BCUT2D eigenvalue weighted by atomic mass is 10.1. The van der Waals surface area contributed by atoms with Crippen LogP contribution in [0.25, 0.3) is 0 Å². The lowest BCUT2D eigenvalue weighted by Crippen LogP contribution is -2.30. The van der Waals surface area contributed by atoms with Crippen molar-refractivity contribution in [3.05, 3.63) is 70.6 Å². The van der Waals surface area contributed by atoms with E-state index >= 15 is 0 Å². The number of likely N-dealkylation sites (tertiary alicyclic amines) is 1. The first kappa shape index (κ1) is 20.5. The molecule has 0 saturated carbocycles. The normalized spacial score (nSPS) is 16.1. The predicted octanol–water partition coefficient (Wildman–Crippen LogP) is 5.42. The number of carbonyl (C=O) groups is 1. The van der Waals surface area contributed by atoms with Crippen LogP contribution >= 0.6 is 11.3 Å². The molecule has 2 aromatic heterocycles. The summed E-state index contributed by atoms with van der Waals surface area (Å²) in [5.41, 5.74) is 1.97. The highest BCUT2D eigenvalue weighted by Crippen LogP contribution is 2.32. The summed E-state index contributed by atoms with van der Waals surface area (Å²) < 4.78 is 13.0. The van der Waals surface area contributed by atoms with Crippen LogP contribution in [0.2, 0.25) is 0 Å². The number of amides is 1. The molecule has 0 aliphatic carbocycles. The largest absolute Gasteiger partial charge is 0.334 e. The minimum atomic E-state index is -0.232. The van der Waals surface area contributed by atoms with Gasteiger partial charge in [0, 0.05) is 24.0 Å². The fourth-order valence-corrected chi connectivity index (χ4v) is 4.51. The van der Waals surface area contributed by atoms with Crippen molar-refractivity contribution in [3.8, 4) is 0 Å².